The van der Waals surface area contributed by atoms with Crippen molar-refractivity contribution in [1.29, 1.82) is 0 Å². The van der Waals surface area contributed by atoms with E-state index in [0.29, 0.717) is 32.0 Å². The molecule has 2 amide bonds. The third kappa shape index (κ3) is 4.85. The number of nitrogens with zero attached hydrogens (tertiary/aromatic N) is 2. The highest BCUT2D eigenvalue weighted by atomic mass is 35.5. The van der Waals surface area contributed by atoms with Crippen molar-refractivity contribution in [1.82, 2.24) is 4.98 Å². The molecule has 0 radical (unpaired) electrons. The van der Waals surface area contributed by atoms with Crippen LogP contribution < -0.4 is 10.6 Å². The maximum atomic E-state index is 12.4. The van der Waals surface area contributed by atoms with Gasteiger partial charge in [-0.25, -0.2) is 0 Å². The number of halogens is 1. The number of hydrogen-bond acceptors (Lipinski definition) is 5. The van der Waals surface area contributed by atoms with Crippen molar-refractivity contribution in [3.05, 3.63) is 106 Å². The van der Waals surface area contributed by atoms with Gasteiger partial charge in [0.2, 0.25) is 0 Å². The molecule has 1 aliphatic rings. The summed E-state index contributed by atoms with van der Waals surface area (Å²) in [5, 5.41) is 7.73. The van der Waals surface area contributed by atoms with Crippen molar-refractivity contribution in [3.8, 4) is 0 Å². The van der Waals surface area contributed by atoms with Crippen LogP contribution in [-0.2, 0) is 4.79 Å². The molecular formula is C26H17ClN4O2S. The number of carbonyl (C=O) groups is 2. The summed E-state index contributed by atoms with van der Waals surface area (Å²) in [6, 6.07) is 23.7. The fourth-order valence-electron chi connectivity index (χ4n) is 3.40. The summed E-state index contributed by atoms with van der Waals surface area (Å²) in [6.45, 7) is 0. The number of rotatable bonds is 4. The van der Waals surface area contributed by atoms with Crippen molar-refractivity contribution in [2.45, 2.75) is 0 Å². The number of amides is 2. The molecule has 1 aromatic heterocycles. The molecule has 0 spiro atoms. The average molecular weight is 485 g/mol. The molecule has 0 saturated carbocycles. The molecule has 34 heavy (non-hydrogen) atoms. The Hall–Kier alpha value is -3.94. The zero-order valence-electron chi connectivity index (χ0n) is 17.7. The Morgan fingerprint density at radius 3 is 2.65 bits per heavy atom. The van der Waals surface area contributed by atoms with Gasteiger partial charge in [-0.15, -0.1) is 0 Å². The lowest BCUT2D eigenvalue weighted by Crippen LogP contribution is -2.12. The molecule has 0 atom stereocenters. The van der Waals surface area contributed by atoms with Gasteiger partial charge in [-0.2, -0.15) is 4.99 Å². The Labute approximate surface area is 204 Å². The molecule has 2 heterocycles. The van der Waals surface area contributed by atoms with E-state index in [2.05, 4.69) is 20.6 Å². The molecular weight excluding hydrogens is 468 g/mol. The Morgan fingerprint density at radius 2 is 1.82 bits per heavy atom. The van der Waals surface area contributed by atoms with Crippen molar-refractivity contribution in [3.63, 3.8) is 0 Å². The number of benzene rings is 3. The third-order valence-corrected chi connectivity index (χ3v) is 6.26. The molecule has 4 aromatic rings. The smallest absolute Gasteiger partial charge is 0.286 e. The zero-order chi connectivity index (χ0) is 23.5. The summed E-state index contributed by atoms with van der Waals surface area (Å²) in [5.74, 6) is -0.542. The number of aliphatic imine (C=N–C) groups is 1. The van der Waals surface area contributed by atoms with E-state index in [9.17, 15) is 9.59 Å². The van der Waals surface area contributed by atoms with Gasteiger partial charge >= 0.3 is 0 Å². The molecule has 0 unspecified atom stereocenters. The number of nitrogens with one attached hydrogen (secondary N) is 2. The molecule has 0 aliphatic carbocycles. The first-order valence-corrected chi connectivity index (χ1v) is 11.5. The van der Waals surface area contributed by atoms with Crippen LogP contribution in [0.1, 0.15) is 15.9 Å². The number of amidine groups is 1. The van der Waals surface area contributed by atoms with Crippen LogP contribution in [0.2, 0.25) is 5.02 Å². The first-order chi connectivity index (χ1) is 16.5. The van der Waals surface area contributed by atoms with E-state index in [4.69, 9.17) is 11.6 Å². The molecule has 0 bridgehead atoms. The fourth-order valence-corrected chi connectivity index (χ4v) is 4.45. The monoisotopic (exact) mass is 484 g/mol. The minimum absolute atomic E-state index is 0.224. The predicted molar refractivity (Wildman–Crippen MR) is 139 cm³/mol. The highest BCUT2D eigenvalue weighted by molar-refractivity contribution is 8.18. The molecule has 2 N–H and O–H groups in total. The van der Waals surface area contributed by atoms with Crippen molar-refractivity contribution >= 4 is 68.7 Å². The Morgan fingerprint density at radius 1 is 0.971 bits per heavy atom. The van der Waals surface area contributed by atoms with Crippen molar-refractivity contribution < 1.29 is 9.59 Å². The molecule has 166 valence electrons. The number of hydrogen-bond donors (Lipinski definition) is 2. The van der Waals surface area contributed by atoms with Crippen molar-refractivity contribution in [2.75, 3.05) is 10.6 Å². The minimum atomic E-state index is -0.318. The largest absolute Gasteiger partial charge is 0.333 e. The van der Waals surface area contributed by atoms with Crippen LogP contribution in [0.4, 0.5) is 11.4 Å². The Kier molecular flexibility index (Phi) is 6.12. The second-order valence-corrected chi connectivity index (χ2v) is 8.87. The van der Waals surface area contributed by atoms with Crippen LogP contribution in [0.15, 0.2) is 95.0 Å². The SMILES string of the molecule is O=C1N=C(Nc2ccc(NC(=O)c3ccccc3)cc2Cl)SC1=Cc1ccc2ncccc2c1. The normalized spacial score (nSPS) is 14.3. The third-order valence-electron chi connectivity index (χ3n) is 5.05. The standard InChI is InChI=1S/C26H17ClN4O2S/c27-20-15-19(29-24(32)17-5-2-1-3-6-17)9-11-22(20)30-26-31-25(33)23(34-26)14-16-8-10-21-18(13-16)7-4-12-28-21/h1-15H,(H,29,32)(H,30,31,33). The van der Waals surface area contributed by atoms with E-state index in [1.165, 1.54) is 11.8 Å². The van der Waals surface area contributed by atoms with E-state index in [0.717, 1.165) is 16.5 Å². The second kappa shape index (κ2) is 9.51. The first-order valence-electron chi connectivity index (χ1n) is 10.4. The summed E-state index contributed by atoms with van der Waals surface area (Å²) in [7, 11) is 0. The van der Waals surface area contributed by atoms with E-state index in [-0.39, 0.29) is 11.8 Å². The van der Waals surface area contributed by atoms with Crippen LogP contribution in [-0.4, -0.2) is 22.0 Å². The van der Waals surface area contributed by atoms with Gasteiger partial charge in [0, 0.05) is 22.8 Å². The quantitative estimate of drug-likeness (QED) is 0.336. The maximum absolute atomic E-state index is 12.4. The second-order valence-electron chi connectivity index (χ2n) is 7.43. The molecule has 5 rings (SSSR count). The maximum Gasteiger partial charge on any atom is 0.286 e. The summed E-state index contributed by atoms with van der Waals surface area (Å²) in [6.07, 6.45) is 3.55. The lowest BCUT2D eigenvalue weighted by atomic mass is 10.1. The number of aromatic nitrogens is 1. The molecule has 6 nitrogen and oxygen atoms in total. The van der Waals surface area contributed by atoms with Gasteiger partial charge in [0.15, 0.2) is 5.17 Å². The highest BCUT2D eigenvalue weighted by Crippen LogP contribution is 2.32. The van der Waals surface area contributed by atoms with Gasteiger partial charge in [-0.3, -0.25) is 14.6 Å². The summed E-state index contributed by atoms with van der Waals surface area (Å²) in [4.78, 5) is 33.7. The number of thioether (sulfide) groups is 1. The van der Waals surface area contributed by atoms with E-state index in [1.54, 1.807) is 54.7 Å². The van der Waals surface area contributed by atoms with E-state index >= 15 is 0 Å². The number of fused-ring (bicyclic) bond motifs is 1. The Bertz CT molecular complexity index is 1480. The summed E-state index contributed by atoms with van der Waals surface area (Å²) in [5.41, 5.74) is 3.48. The van der Waals surface area contributed by atoms with Gasteiger partial charge in [-0.1, -0.05) is 41.9 Å². The lowest BCUT2D eigenvalue weighted by molar-refractivity contribution is -0.113. The number of carbonyl (C=O) groups excluding carboxylic acids is 2. The number of anilines is 2. The van der Waals surface area contributed by atoms with Crippen LogP contribution in [0, 0.1) is 0 Å². The summed E-state index contributed by atoms with van der Waals surface area (Å²) < 4.78 is 0. The zero-order valence-corrected chi connectivity index (χ0v) is 19.2. The molecule has 0 saturated heterocycles. The fraction of sp³-hybridized carbons (Fsp3) is 0. The number of pyridine rings is 1. The first kappa shape index (κ1) is 21.9. The lowest BCUT2D eigenvalue weighted by Gasteiger charge is -2.10. The van der Waals surface area contributed by atoms with Gasteiger partial charge in [0.1, 0.15) is 0 Å². The van der Waals surface area contributed by atoms with Crippen LogP contribution in [0.25, 0.3) is 17.0 Å². The van der Waals surface area contributed by atoms with E-state index < -0.39 is 0 Å². The highest BCUT2D eigenvalue weighted by Gasteiger charge is 2.22. The van der Waals surface area contributed by atoms with Gasteiger partial charge in [-0.05, 0) is 71.9 Å². The van der Waals surface area contributed by atoms with Gasteiger partial charge in [0.05, 0.1) is 21.1 Å². The summed E-state index contributed by atoms with van der Waals surface area (Å²) >= 11 is 7.65. The van der Waals surface area contributed by atoms with Crippen LogP contribution >= 0.6 is 23.4 Å². The molecule has 8 heteroatoms. The van der Waals surface area contributed by atoms with Crippen LogP contribution in [0.5, 0.6) is 0 Å². The van der Waals surface area contributed by atoms with Crippen molar-refractivity contribution in [2.24, 2.45) is 4.99 Å². The topological polar surface area (TPSA) is 83.5 Å². The van der Waals surface area contributed by atoms with Gasteiger partial charge in [0.25, 0.3) is 11.8 Å². The average Bonchev–Trinajstić information content (AvgIpc) is 3.19. The molecule has 0 fully saturated rings. The minimum Gasteiger partial charge on any atom is -0.333 e. The molecule has 1 aliphatic heterocycles. The van der Waals surface area contributed by atoms with Crippen LogP contribution in [0.3, 0.4) is 0 Å². The molecule has 3 aromatic carbocycles. The van der Waals surface area contributed by atoms with E-state index in [1.807, 2.05) is 36.4 Å². The van der Waals surface area contributed by atoms with Gasteiger partial charge < -0.3 is 10.6 Å². The Balaban J connectivity index is 1.27. The predicted octanol–water partition coefficient (Wildman–Crippen LogP) is 6.22.